The predicted octanol–water partition coefficient (Wildman–Crippen LogP) is 4.15. The summed E-state index contributed by atoms with van der Waals surface area (Å²) >= 11 is 0. The number of hydrogen-bond donors (Lipinski definition) is 1. The molecule has 2 nitrogen and oxygen atoms in total. The van der Waals surface area contributed by atoms with Crippen LogP contribution in [0.3, 0.4) is 0 Å². The van der Waals surface area contributed by atoms with E-state index in [1.165, 1.54) is 11.1 Å². The van der Waals surface area contributed by atoms with E-state index < -0.39 is 0 Å². The number of carbonyl (C=O) groups is 1. The lowest BCUT2D eigenvalue weighted by Gasteiger charge is -2.10. The molecule has 0 spiro atoms. The summed E-state index contributed by atoms with van der Waals surface area (Å²) in [6.45, 7) is 8.21. The molecule has 0 fully saturated rings. The largest absolute Gasteiger partial charge is 0.507 e. The summed E-state index contributed by atoms with van der Waals surface area (Å²) in [7, 11) is 0. The normalized spacial score (nSPS) is 10.0. The summed E-state index contributed by atoms with van der Waals surface area (Å²) < 4.78 is 0. The van der Waals surface area contributed by atoms with Crippen molar-refractivity contribution in [3.63, 3.8) is 0 Å². The zero-order valence-corrected chi connectivity index (χ0v) is 12.9. The fraction of sp³-hybridized carbons (Fsp3) is 0.389. The highest BCUT2D eigenvalue weighted by molar-refractivity contribution is 5.59. The van der Waals surface area contributed by atoms with Gasteiger partial charge in [-0.25, -0.2) is 0 Å². The lowest BCUT2D eigenvalue weighted by atomic mass is 9.97. The van der Waals surface area contributed by atoms with Gasteiger partial charge in [-0.05, 0) is 51.7 Å². The van der Waals surface area contributed by atoms with Crippen LogP contribution < -0.4 is 0 Å². The molecule has 108 valence electrons. The molecule has 0 bridgehead atoms. The van der Waals surface area contributed by atoms with Gasteiger partial charge in [-0.2, -0.15) is 0 Å². The third kappa shape index (κ3) is 5.04. The van der Waals surface area contributed by atoms with Crippen molar-refractivity contribution in [3.8, 4) is 5.75 Å². The van der Waals surface area contributed by atoms with E-state index in [0.29, 0.717) is 6.42 Å². The second-order valence-electron chi connectivity index (χ2n) is 5.60. The van der Waals surface area contributed by atoms with Crippen LogP contribution in [-0.2, 0) is 24.1 Å². The molecule has 0 saturated heterocycles. The van der Waals surface area contributed by atoms with Crippen molar-refractivity contribution in [3.05, 3.63) is 52.1 Å². The first-order valence-corrected chi connectivity index (χ1v) is 6.98. The molecule has 0 heterocycles. The van der Waals surface area contributed by atoms with Crippen LogP contribution in [0.15, 0.2) is 35.4 Å². The number of carbonyl (C=O) groups excluding carboxylic acids is 1. The SMILES string of the molecule is CC(C)=CCc1cc(CC=O)c(O)c(CC=C(C)C)c1. The van der Waals surface area contributed by atoms with Crippen molar-refractivity contribution in [2.75, 3.05) is 0 Å². The van der Waals surface area contributed by atoms with Crippen LogP contribution in [0.1, 0.15) is 44.4 Å². The minimum Gasteiger partial charge on any atom is -0.507 e. The molecular formula is C18H24O2. The second kappa shape index (κ2) is 7.68. The number of rotatable bonds is 6. The summed E-state index contributed by atoms with van der Waals surface area (Å²) in [6.07, 6.45) is 6.87. The first-order valence-electron chi connectivity index (χ1n) is 6.98. The first-order chi connectivity index (χ1) is 9.43. The molecule has 1 N–H and O–H groups in total. The molecule has 20 heavy (non-hydrogen) atoms. The van der Waals surface area contributed by atoms with E-state index in [9.17, 15) is 9.90 Å². The van der Waals surface area contributed by atoms with E-state index >= 15 is 0 Å². The van der Waals surface area contributed by atoms with Crippen molar-refractivity contribution in [2.24, 2.45) is 0 Å². The fourth-order valence-corrected chi connectivity index (χ4v) is 1.99. The number of benzene rings is 1. The molecule has 1 rings (SSSR count). The van der Waals surface area contributed by atoms with Gasteiger partial charge in [0, 0.05) is 12.0 Å². The average Bonchev–Trinajstić information content (AvgIpc) is 2.37. The Morgan fingerprint density at radius 2 is 1.45 bits per heavy atom. The van der Waals surface area contributed by atoms with E-state index in [4.69, 9.17) is 0 Å². The molecule has 0 saturated carbocycles. The highest BCUT2D eigenvalue weighted by Crippen LogP contribution is 2.26. The Kier molecular flexibility index (Phi) is 6.23. The third-order valence-corrected chi connectivity index (χ3v) is 3.11. The van der Waals surface area contributed by atoms with Gasteiger partial charge >= 0.3 is 0 Å². The lowest BCUT2D eigenvalue weighted by molar-refractivity contribution is -0.107. The van der Waals surface area contributed by atoms with Crippen LogP contribution >= 0.6 is 0 Å². The molecular weight excluding hydrogens is 248 g/mol. The van der Waals surface area contributed by atoms with Crippen LogP contribution in [0.4, 0.5) is 0 Å². The average molecular weight is 272 g/mol. The van der Waals surface area contributed by atoms with Crippen molar-refractivity contribution < 1.29 is 9.90 Å². The fourth-order valence-electron chi connectivity index (χ4n) is 1.99. The number of phenolic OH excluding ortho intramolecular Hbond substituents is 1. The molecule has 0 aliphatic rings. The Hall–Kier alpha value is -1.83. The van der Waals surface area contributed by atoms with E-state index in [0.717, 1.165) is 29.4 Å². The van der Waals surface area contributed by atoms with E-state index in [2.05, 4.69) is 26.0 Å². The summed E-state index contributed by atoms with van der Waals surface area (Å²) in [4.78, 5) is 10.7. The quantitative estimate of drug-likeness (QED) is 0.624. The Bertz CT molecular complexity index is 529. The molecule has 0 aliphatic heterocycles. The van der Waals surface area contributed by atoms with Gasteiger partial charge in [-0.3, -0.25) is 0 Å². The summed E-state index contributed by atoms with van der Waals surface area (Å²) in [5.41, 5.74) is 5.23. The summed E-state index contributed by atoms with van der Waals surface area (Å²) in [5.74, 6) is 0.260. The maximum atomic E-state index is 10.7. The van der Waals surface area contributed by atoms with Crippen LogP contribution in [0.5, 0.6) is 5.75 Å². The highest BCUT2D eigenvalue weighted by atomic mass is 16.3. The molecule has 0 aromatic heterocycles. The number of hydrogen-bond acceptors (Lipinski definition) is 2. The topological polar surface area (TPSA) is 37.3 Å². The van der Waals surface area contributed by atoms with E-state index in [1.807, 2.05) is 26.0 Å². The molecule has 0 atom stereocenters. The predicted molar refractivity (Wildman–Crippen MR) is 84.1 cm³/mol. The van der Waals surface area contributed by atoms with Gasteiger partial charge in [0.1, 0.15) is 12.0 Å². The number of aromatic hydroxyl groups is 1. The number of phenols is 1. The second-order valence-corrected chi connectivity index (χ2v) is 5.60. The van der Waals surface area contributed by atoms with Crippen LogP contribution in [-0.4, -0.2) is 11.4 Å². The maximum Gasteiger partial charge on any atom is 0.124 e. The molecule has 0 radical (unpaired) electrons. The van der Waals surface area contributed by atoms with Crippen LogP contribution in [0.2, 0.25) is 0 Å². The van der Waals surface area contributed by atoms with Crippen molar-refractivity contribution in [2.45, 2.75) is 47.0 Å². The zero-order valence-electron chi connectivity index (χ0n) is 12.9. The van der Waals surface area contributed by atoms with Crippen molar-refractivity contribution in [1.82, 2.24) is 0 Å². The first kappa shape index (κ1) is 16.2. The molecule has 1 aromatic carbocycles. The third-order valence-electron chi connectivity index (χ3n) is 3.11. The molecule has 0 amide bonds. The smallest absolute Gasteiger partial charge is 0.124 e. The van der Waals surface area contributed by atoms with Crippen LogP contribution in [0, 0.1) is 0 Å². The van der Waals surface area contributed by atoms with Crippen molar-refractivity contribution in [1.29, 1.82) is 0 Å². The summed E-state index contributed by atoms with van der Waals surface area (Å²) in [5, 5.41) is 10.2. The van der Waals surface area contributed by atoms with Gasteiger partial charge in [0.2, 0.25) is 0 Å². The lowest BCUT2D eigenvalue weighted by Crippen LogP contribution is -1.96. The molecule has 0 unspecified atom stereocenters. The van der Waals surface area contributed by atoms with Crippen molar-refractivity contribution >= 4 is 6.29 Å². The molecule has 1 aromatic rings. The van der Waals surface area contributed by atoms with Gasteiger partial charge in [0.25, 0.3) is 0 Å². The van der Waals surface area contributed by atoms with Gasteiger partial charge in [0.05, 0.1) is 0 Å². The Morgan fingerprint density at radius 3 is 1.95 bits per heavy atom. The number of aldehydes is 1. The van der Waals surface area contributed by atoms with Gasteiger partial charge in [-0.1, -0.05) is 35.4 Å². The minimum absolute atomic E-state index is 0.260. The minimum atomic E-state index is 0.260. The van der Waals surface area contributed by atoms with Crippen LogP contribution in [0.25, 0.3) is 0 Å². The van der Waals surface area contributed by atoms with Gasteiger partial charge in [0.15, 0.2) is 0 Å². The molecule has 2 heteroatoms. The Labute approximate surface area is 121 Å². The zero-order chi connectivity index (χ0) is 15.1. The van der Waals surface area contributed by atoms with Gasteiger partial charge in [-0.15, -0.1) is 0 Å². The summed E-state index contributed by atoms with van der Waals surface area (Å²) in [6, 6.07) is 3.96. The Morgan fingerprint density at radius 1 is 0.950 bits per heavy atom. The number of allylic oxidation sites excluding steroid dienone is 4. The standard InChI is InChI=1S/C18H24O2/c1-13(2)5-7-15-11-16(8-6-14(3)4)18(20)17(12-15)9-10-19/h5-6,10-12,20H,7-9H2,1-4H3. The highest BCUT2D eigenvalue weighted by Gasteiger charge is 2.09. The van der Waals surface area contributed by atoms with Gasteiger partial charge < -0.3 is 9.90 Å². The maximum absolute atomic E-state index is 10.7. The monoisotopic (exact) mass is 272 g/mol. The van der Waals surface area contributed by atoms with E-state index in [-0.39, 0.29) is 12.2 Å². The van der Waals surface area contributed by atoms with E-state index in [1.54, 1.807) is 0 Å². The molecule has 0 aliphatic carbocycles. The Balaban J connectivity index is 3.16.